The average molecular weight is 587 g/mol. The molecule has 0 spiro atoms. The largest absolute Gasteiger partial charge is 0.457 e. The van der Waals surface area contributed by atoms with Crippen LogP contribution in [0.4, 0.5) is 5.69 Å². The maximum atomic E-state index is 6.77. The fourth-order valence-corrected chi connectivity index (χ4v) is 7.04. The summed E-state index contributed by atoms with van der Waals surface area (Å²) >= 11 is 0. The van der Waals surface area contributed by atoms with Gasteiger partial charge in [-0.15, -0.1) is 0 Å². The fraction of sp³-hybridized carbons (Fsp3) is 0.125. The van der Waals surface area contributed by atoms with Crippen LogP contribution in [0.2, 0.25) is 0 Å². The quantitative estimate of drug-likeness (QED) is 0.201. The molecular weight excluding hydrogens is 552 g/mol. The van der Waals surface area contributed by atoms with Crippen LogP contribution in [0.1, 0.15) is 23.1 Å². The Morgan fingerprint density at radius 3 is 2.36 bits per heavy atom. The summed E-state index contributed by atoms with van der Waals surface area (Å²) in [5, 5.41) is 6.80. The van der Waals surface area contributed by atoms with Crippen molar-refractivity contribution in [3.05, 3.63) is 150 Å². The van der Waals surface area contributed by atoms with Crippen LogP contribution >= 0.6 is 0 Å². The van der Waals surface area contributed by atoms with E-state index in [1.165, 1.54) is 44.3 Å². The molecule has 220 valence electrons. The lowest BCUT2D eigenvalue weighted by atomic mass is 9.93. The number of allylic oxidation sites excluding steroid dienone is 4. The van der Waals surface area contributed by atoms with Gasteiger partial charge in [0.25, 0.3) is 0 Å². The van der Waals surface area contributed by atoms with E-state index in [2.05, 4.69) is 140 Å². The number of para-hydroxylation sites is 1. The number of hydrazine groups is 1. The van der Waals surface area contributed by atoms with Crippen molar-refractivity contribution >= 4 is 27.5 Å². The van der Waals surface area contributed by atoms with E-state index in [0.29, 0.717) is 0 Å². The third-order valence-corrected chi connectivity index (χ3v) is 8.89. The Kier molecular flexibility index (Phi) is 6.35. The normalized spacial score (nSPS) is 14.2. The number of aromatic nitrogens is 2. The summed E-state index contributed by atoms with van der Waals surface area (Å²) in [5.74, 6) is 2.44. The van der Waals surface area contributed by atoms with E-state index in [-0.39, 0.29) is 0 Å². The lowest BCUT2D eigenvalue weighted by Crippen LogP contribution is -2.30. The number of pyridine rings is 1. The van der Waals surface area contributed by atoms with Crippen LogP contribution in [0.5, 0.6) is 11.5 Å². The first-order valence-corrected chi connectivity index (χ1v) is 15.4. The van der Waals surface area contributed by atoms with Gasteiger partial charge < -0.3 is 4.74 Å². The van der Waals surface area contributed by atoms with E-state index in [4.69, 9.17) is 9.72 Å². The topological polar surface area (TPSA) is 33.5 Å². The van der Waals surface area contributed by atoms with Gasteiger partial charge in [-0.2, -0.15) is 0 Å². The number of aryl methyl sites for hydroxylation is 3. The number of hydrogen-bond acceptors (Lipinski definition) is 4. The van der Waals surface area contributed by atoms with E-state index in [1.807, 2.05) is 24.4 Å². The molecule has 1 aliphatic carbocycles. The summed E-state index contributed by atoms with van der Waals surface area (Å²) in [4.78, 5) is 4.69. The fourth-order valence-electron chi connectivity index (χ4n) is 7.04. The zero-order valence-electron chi connectivity index (χ0n) is 26.0. The van der Waals surface area contributed by atoms with Crippen molar-refractivity contribution in [3.63, 3.8) is 0 Å². The minimum absolute atomic E-state index is 0.775. The second-order valence-electron chi connectivity index (χ2n) is 12.0. The third kappa shape index (κ3) is 4.59. The Hall–Kier alpha value is -5.55. The number of likely N-dealkylation sites (N-methyl/N-ethyl adjacent to an activating group) is 1. The van der Waals surface area contributed by atoms with Gasteiger partial charge in [-0.25, -0.2) is 4.98 Å². The number of rotatable bonds is 5. The molecule has 0 atom stereocenters. The van der Waals surface area contributed by atoms with Crippen LogP contribution in [0.15, 0.2) is 133 Å². The molecule has 2 aliphatic rings. The zero-order chi connectivity index (χ0) is 30.7. The highest BCUT2D eigenvalue weighted by Crippen LogP contribution is 2.41. The first kappa shape index (κ1) is 27.0. The maximum absolute atomic E-state index is 6.77. The first-order chi connectivity index (χ1) is 21.9. The molecule has 5 heteroatoms. The molecule has 0 amide bonds. The Morgan fingerprint density at radius 2 is 1.56 bits per heavy atom. The van der Waals surface area contributed by atoms with E-state index in [1.54, 1.807) is 0 Å². The molecule has 6 aromatic rings. The molecule has 0 radical (unpaired) electrons. The van der Waals surface area contributed by atoms with Gasteiger partial charge in [0.1, 0.15) is 17.3 Å². The molecule has 2 aromatic heterocycles. The van der Waals surface area contributed by atoms with Crippen molar-refractivity contribution < 1.29 is 4.74 Å². The lowest BCUT2D eigenvalue weighted by molar-refractivity contribution is 0.449. The van der Waals surface area contributed by atoms with Gasteiger partial charge in [0, 0.05) is 42.3 Å². The summed E-state index contributed by atoms with van der Waals surface area (Å²) in [6.07, 6.45) is 11.5. The number of fused-ring (bicyclic) bond motifs is 4. The van der Waals surface area contributed by atoms with E-state index >= 15 is 0 Å². The van der Waals surface area contributed by atoms with Gasteiger partial charge in [0.05, 0.1) is 22.4 Å². The van der Waals surface area contributed by atoms with Crippen LogP contribution < -0.4 is 9.75 Å². The number of nitrogens with zero attached hydrogens (tertiary/aromatic N) is 4. The van der Waals surface area contributed by atoms with Crippen molar-refractivity contribution in [2.75, 3.05) is 12.1 Å². The summed E-state index contributed by atoms with van der Waals surface area (Å²) in [7, 11) is 2.12. The van der Waals surface area contributed by atoms with Gasteiger partial charge >= 0.3 is 0 Å². The molecule has 0 unspecified atom stereocenters. The second kappa shape index (κ2) is 10.6. The lowest BCUT2D eigenvalue weighted by Gasteiger charge is -2.29. The van der Waals surface area contributed by atoms with Crippen molar-refractivity contribution in [1.29, 1.82) is 0 Å². The van der Waals surface area contributed by atoms with Gasteiger partial charge in [-0.3, -0.25) is 14.6 Å². The minimum atomic E-state index is 0.775. The minimum Gasteiger partial charge on any atom is -0.457 e. The number of ether oxygens (including phenoxy) is 1. The standard InChI is InChI=1S/C40H34N4O/c1-26-19-27(2)40(28(3)20-26)30-21-31(43-25-29-11-5-7-13-36(29)42(43)4)23-33(22-30)45-32-16-17-35-34-12-6-8-14-37(34)44(38(35)24-32)39-15-9-10-18-41-39/h5-10,12-25H,11H2,1-4H3. The van der Waals surface area contributed by atoms with Crippen molar-refractivity contribution in [2.24, 2.45) is 0 Å². The highest BCUT2D eigenvalue weighted by molar-refractivity contribution is 6.09. The molecule has 45 heavy (non-hydrogen) atoms. The predicted molar refractivity (Wildman–Crippen MR) is 185 cm³/mol. The molecule has 4 aromatic carbocycles. The molecular formula is C40H34N4O. The van der Waals surface area contributed by atoms with Crippen LogP contribution in [0, 0.1) is 20.8 Å². The maximum Gasteiger partial charge on any atom is 0.137 e. The SMILES string of the molecule is Cc1cc(C)c(-c2cc(Oc3ccc4c5ccccc5n(-c5ccccn5)c4c3)cc(N3C=C4CC=CC=C4N3C)c2)c(C)c1. The monoisotopic (exact) mass is 586 g/mol. The first-order valence-electron chi connectivity index (χ1n) is 15.4. The molecule has 5 nitrogen and oxygen atoms in total. The predicted octanol–water partition coefficient (Wildman–Crippen LogP) is 9.96. The summed E-state index contributed by atoms with van der Waals surface area (Å²) in [5.41, 5.74) is 11.9. The van der Waals surface area contributed by atoms with Crippen LogP contribution in [-0.4, -0.2) is 21.6 Å². The average Bonchev–Trinajstić information content (AvgIpc) is 3.55. The Morgan fingerprint density at radius 1 is 0.756 bits per heavy atom. The Bertz CT molecular complexity index is 2200. The molecule has 0 saturated heterocycles. The van der Waals surface area contributed by atoms with Crippen molar-refractivity contribution in [2.45, 2.75) is 27.2 Å². The number of benzene rings is 4. The highest BCUT2D eigenvalue weighted by atomic mass is 16.5. The van der Waals surface area contributed by atoms with Crippen molar-refractivity contribution in [1.82, 2.24) is 14.6 Å². The molecule has 0 saturated carbocycles. The van der Waals surface area contributed by atoms with E-state index in [9.17, 15) is 0 Å². The molecule has 0 bridgehead atoms. The van der Waals surface area contributed by atoms with Crippen LogP contribution in [0.3, 0.4) is 0 Å². The molecule has 0 fully saturated rings. The summed E-state index contributed by atoms with van der Waals surface area (Å²) < 4.78 is 8.98. The smallest absolute Gasteiger partial charge is 0.137 e. The molecule has 3 heterocycles. The summed E-state index contributed by atoms with van der Waals surface area (Å²) in [6.45, 7) is 6.55. The highest BCUT2D eigenvalue weighted by Gasteiger charge is 2.26. The molecule has 0 N–H and O–H groups in total. The van der Waals surface area contributed by atoms with Crippen molar-refractivity contribution in [3.8, 4) is 28.4 Å². The molecule has 1 aliphatic heterocycles. The Labute approximate surface area is 263 Å². The van der Waals surface area contributed by atoms with Gasteiger partial charge in [-0.05, 0) is 104 Å². The zero-order valence-corrected chi connectivity index (χ0v) is 26.0. The van der Waals surface area contributed by atoms with E-state index in [0.717, 1.165) is 46.0 Å². The number of anilines is 1. The van der Waals surface area contributed by atoms with Crippen LogP contribution in [0.25, 0.3) is 38.8 Å². The van der Waals surface area contributed by atoms with Gasteiger partial charge in [0.2, 0.25) is 0 Å². The van der Waals surface area contributed by atoms with Gasteiger partial charge in [0.15, 0.2) is 0 Å². The second-order valence-corrected chi connectivity index (χ2v) is 12.0. The molecule has 8 rings (SSSR count). The number of hydrogen-bond donors (Lipinski definition) is 0. The van der Waals surface area contributed by atoms with Gasteiger partial charge in [-0.1, -0.05) is 54.1 Å². The van der Waals surface area contributed by atoms with Crippen LogP contribution in [-0.2, 0) is 0 Å². The summed E-state index contributed by atoms with van der Waals surface area (Å²) in [6, 6.07) is 32.0. The van der Waals surface area contributed by atoms with E-state index < -0.39 is 0 Å². The third-order valence-electron chi connectivity index (χ3n) is 8.89. The Balaban J connectivity index is 1.27.